The second kappa shape index (κ2) is 7.79. The number of methoxy groups -OCH3 is 2. The molecule has 0 aliphatic carbocycles. The molecule has 0 unspecified atom stereocenters. The number of hydrogen-bond acceptors (Lipinski definition) is 5. The van der Waals surface area contributed by atoms with Gasteiger partial charge in [-0.15, -0.1) is 0 Å². The van der Waals surface area contributed by atoms with Crippen molar-refractivity contribution >= 4 is 10.9 Å². The van der Waals surface area contributed by atoms with Crippen LogP contribution in [0.4, 0.5) is 8.78 Å². The third-order valence-electron chi connectivity index (χ3n) is 5.24. The Hall–Kier alpha value is -3.00. The van der Waals surface area contributed by atoms with Gasteiger partial charge in [-0.1, -0.05) is 6.07 Å². The highest BCUT2D eigenvalue weighted by atomic mass is 19.1. The van der Waals surface area contributed by atoms with Gasteiger partial charge in [0, 0.05) is 50.3 Å². The molecule has 1 aliphatic heterocycles. The quantitative estimate of drug-likeness (QED) is 0.673. The molecule has 0 N–H and O–H groups in total. The fraction of sp³-hybridized carbons (Fsp3) is 0.333. The van der Waals surface area contributed by atoms with Gasteiger partial charge in [-0.3, -0.25) is 14.3 Å². The lowest BCUT2D eigenvalue weighted by molar-refractivity contribution is 0.267. The molecular weight excluding hydrogens is 380 g/mol. The van der Waals surface area contributed by atoms with E-state index in [1.54, 1.807) is 16.7 Å². The molecule has 8 heteroatoms. The second-order valence-electron chi connectivity index (χ2n) is 6.97. The van der Waals surface area contributed by atoms with Crippen molar-refractivity contribution in [2.45, 2.75) is 19.5 Å². The van der Waals surface area contributed by atoms with Crippen molar-refractivity contribution in [2.24, 2.45) is 0 Å². The van der Waals surface area contributed by atoms with E-state index in [1.165, 1.54) is 26.4 Å². The number of aromatic nitrogens is 2. The predicted octanol–water partition coefficient (Wildman–Crippen LogP) is 2.75. The number of rotatable bonds is 4. The molecule has 0 saturated heterocycles. The van der Waals surface area contributed by atoms with Gasteiger partial charge in [0.25, 0.3) is 5.56 Å². The van der Waals surface area contributed by atoms with Gasteiger partial charge in [-0.05, 0) is 12.1 Å². The molecule has 6 nitrogen and oxygen atoms in total. The normalized spacial score (nSPS) is 14.5. The number of hydrogen-bond donors (Lipinski definition) is 0. The second-order valence-corrected chi connectivity index (χ2v) is 6.97. The van der Waals surface area contributed by atoms with Gasteiger partial charge in [0.15, 0.2) is 11.5 Å². The van der Waals surface area contributed by atoms with Gasteiger partial charge in [-0.2, -0.15) is 0 Å². The van der Waals surface area contributed by atoms with Gasteiger partial charge in [0.2, 0.25) is 0 Å². The van der Waals surface area contributed by atoms with Crippen LogP contribution in [0.1, 0.15) is 11.4 Å². The van der Waals surface area contributed by atoms with Crippen molar-refractivity contribution < 1.29 is 18.3 Å². The van der Waals surface area contributed by atoms with E-state index in [9.17, 15) is 13.6 Å². The summed E-state index contributed by atoms with van der Waals surface area (Å²) in [5.74, 6) is 0.506. The van der Waals surface area contributed by atoms with Gasteiger partial charge in [-0.25, -0.2) is 13.8 Å². The molecule has 29 heavy (non-hydrogen) atoms. The molecule has 0 saturated carbocycles. The minimum Gasteiger partial charge on any atom is -0.493 e. The minimum absolute atomic E-state index is 0.138. The molecule has 2 aromatic carbocycles. The SMILES string of the molecule is COc1cc2nc3n(c(=O)c2cc1OC)CCN(Cc1ccc(F)cc1F)CC3. The summed E-state index contributed by atoms with van der Waals surface area (Å²) in [6, 6.07) is 6.95. The van der Waals surface area contributed by atoms with Crippen LogP contribution in [0, 0.1) is 11.6 Å². The van der Waals surface area contributed by atoms with Crippen LogP contribution in [-0.2, 0) is 19.5 Å². The Morgan fingerprint density at radius 1 is 1.03 bits per heavy atom. The third kappa shape index (κ3) is 3.67. The molecule has 0 amide bonds. The maximum atomic E-state index is 14.0. The van der Waals surface area contributed by atoms with Crippen LogP contribution in [0.3, 0.4) is 0 Å². The summed E-state index contributed by atoms with van der Waals surface area (Å²) in [7, 11) is 3.05. The Bertz CT molecular complexity index is 1130. The minimum atomic E-state index is -0.595. The van der Waals surface area contributed by atoms with Crippen LogP contribution in [0.15, 0.2) is 35.1 Å². The largest absolute Gasteiger partial charge is 0.493 e. The maximum absolute atomic E-state index is 14.0. The van der Waals surface area contributed by atoms with E-state index in [0.29, 0.717) is 66.4 Å². The standard InChI is InChI=1S/C21H21F2N3O3/c1-28-18-10-15-17(11-19(18)29-2)24-20-5-6-25(7-8-26(20)21(15)27)12-13-3-4-14(22)9-16(13)23/h3-4,9-11H,5-8,12H2,1-2H3. The van der Waals surface area contributed by atoms with E-state index < -0.39 is 11.6 Å². The van der Waals surface area contributed by atoms with Crippen molar-refractivity contribution in [1.82, 2.24) is 14.5 Å². The first-order valence-corrected chi connectivity index (χ1v) is 9.32. The van der Waals surface area contributed by atoms with Gasteiger partial charge < -0.3 is 9.47 Å². The number of ether oxygens (including phenoxy) is 2. The lowest BCUT2D eigenvalue weighted by Crippen LogP contribution is -2.29. The maximum Gasteiger partial charge on any atom is 0.261 e. The summed E-state index contributed by atoms with van der Waals surface area (Å²) >= 11 is 0. The van der Waals surface area contributed by atoms with Crippen LogP contribution in [0.25, 0.3) is 10.9 Å². The van der Waals surface area contributed by atoms with E-state index in [2.05, 4.69) is 4.98 Å². The summed E-state index contributed by atoms with van der Waals surface area (Å²) in [5.41, 5.74) is 0.843. The lowest BCUT2D eigenvalue weighted by atomic mass is 10.2. The molecular formula is C21H21F2N3O3. The molecule has 3 aromatic rings. The first-order valence-electron chi connectivity index (χ1n) is 9.32. The lowest BCUT2D eigenvalue weighted by Gasteiger charge is -2.19. The smallest absolute Gasteiger partial charge is 0.261 e. The zero-order valence-corrected chi connectivity index (χ0v) is 16.2. The number of benzene rings is 2. The molecule has 0 spiro atoms. The molecule has 4 rings (SSSR count). The Morgan fingerprint density at radius 2 is 1.79 bits per heavy atom. The Morgan fingerprint density at radius 3 is 2.52 bits per heavy atom. The molecule has 0 atom stereocenters. The molecule has 1 aliphatic rings. The van der Waals surface area contributed by atoms with E-state index >= 15 is 0 Å². The van der Waals surface area contributed by atoms with Gasteiger partial charge in [0.05, 0.1) is 25.1 Å². The van der Waals surface area contributed by atoms with Crippen molar-refractivity contribution in [1.29, 1.82) is 0 Å². The fourth-order valence-corrected chi connectivity index (χ4v) is 3.68. The van der Waals surface area contributed by atoms with Crippen molar-refractivity contribution in [3.05, 3.63) is 63.7 Å². The van der Waals surface area contributed by atoms with Gasteiger partial charge in [0.1, 0.15) is 17.5 Å². The summed E-state index contributed by atoms with van der Waals surface area (Å²) < 4.78 is 39.4. The van der Waals surface area contributed by atoms with Crippen LogP contribution < -0.4 is 15.0 Å². The summed E-state index contributed by atoms with van der Waals surface area (Å²) in [4.78, 5) is 19.8. The number of halogens is 2. The highest BCUT2D eigenvalue weighted by Gasteiger charge is 2.20. The first kappa shape index (κ1) is 19.3. The molecule has 0 fully saturated rings. The monoisotopic (exact) mass is 401 g/mol. The molecule has 0 radical (unpaired) electrons. The zero-order valence-electron chi connectivity index (χ0n) is 16.2. The van der Waals surface area contributed by atoms with E-state index in [1.807, 2.05) is 4.90 Å². The van der Waals surface area contributed by atoms with Crippen LogP contribution in [-0.4, -0.2) is 41.8 Å². The summed E-state index contributed by atoms with van der Waals surface area (Å²) in [5, 5.41) is 0.462. The highest BCUT2D eigenvalue weighted by molar-refractivity contribution is 5.82. The topological polar surface area (TPSA) is 56.6 Å². The van der Waals surface area contributed by atoms with Crippen molar-refractivity contribution in [3.8, 4) is 11.5 Å². The van der Waals surface area contributed by atoms with E-state index in [-0.39, 0.29) is 5.56 Å². The summed E-state index contributed by atoms with van der Waals surface area (Å²) in [6.45, 7) is 1.95. The van der Waals surface area contributed by atoms with Crippen molar-refractivity contribution in [3.63, 3.8) is 0 Å². The van der Waals surface area contributed by atoms with E-state index in [0.717, 1.165) is 6.07 Å². The Balaban J connectivity index is 1.65. The fourth-order valence-electron chi connectivity index (χ4n) is 3.68. The molecule has 152 valence electrons. The highest BCUT2D eigenvalue weighted by Crippen LogP contribution is 2.30. The predicted molar refractivity (Wildman–Crippen MR) is 104 cm³/mol. The summed E-state index contributed by atoms with van der Waals surface area (Å²) in [6.07, 6.45) is 0.544. The van der Waals surface area contributed by atoms with Gasteiger partial charge >= 0.3 is 0 Å². The Kier molecular flexibility index (Phi) is 5.19. The number of nitrogens with zero attached hydrogens (tertiary/aromatic N) is 3. The van der Waals surface area contributed by atoms with Crippen LogP contribution >= 0.6 is 0 Å². The van der Waals surface area contributed by atoms with Crippen molar-refractivity contribution in [2.75, 3.05) is 27.3 Å². The van der Waals surface area contributed by atoms with Crippen LogP contribution in [0.5, 0.6) is 11.5 Å². The zero-order chi connectivity index (χ0) is 20.5. The molecule has 0 bridgehead atoms. The first-order chi connectivity index (χ1) is 14.0. The molecule has 2 heterocycles. The molecule has 1 aromatic heterocycles. The van der Waals surface area contributed by atoms with E-state index in [4.69, 9.17) is 9.47 Å². The Labute approximate surface area is 166 Å². The average Bonchev–Trinajstić information content (AvgIpc) is 2.92. The average molecular weight is 401 g/mol. The third-order valence-corrected chi connectivity index (χ3v) is 5.24. The number of fused-ring (bicyclic) bond motifs is 2. The van der Waals surface area contributed by atoms with Crippen LogP contribution in [0.2, 0.25) is 0 Å².